The normalized spacial score (nSPS) is 29.0. The number of hydrogen-bond acceptors (Lipinski definition) is 7. The molecule has 2 heterocycles. The van der Waals surface area contributed by atoms with E-state index in [0.29, 0.717) is 6.42 Å². The van der Waals surface area contributed by atoms with Crippen molar-refractivity contribution in [3.8, 4) is 0 Å². The number of esters is 1. The summed E-state index contributed by atoms with van der Waals surface area (Å²) >= 11 is 0. The lowest BCUT2D eigenvalue weighted by Crippen LogP contribution is -2.32. The fourth-order valence-corrected chi connectivity index (χ4v) is 2.87. The zero-order valence-electron chi connectivity index (χ0n) is 13.6. The molecule has 1 aromatic rings. The average Bonchev–Trinajstić information content (AvgIpc) is 3.00. The van der Waals surface area contributed by atoms with Gasteiger partial charge < -0.3 is 18.9 Å². The molecule has 0 aromatic heterocycles. The van der Waals surface area contributed by atoms with E-state index in [4.69, 9.17) is 18.9 Å². The van der Waals surface area contributed by atoms with E-state index in [1.807, 2.05) is 13.8 Å². The molecule has 2 fully saturated rings. The molecule has 0 N–H and O–H groups in total. The molecule has 8 nitrogen and oxygen atoms in total. The lowest BCUT2D eigenvalue weighted by atomic mass is 10.1. The highest BCUT2D eigenvalue weighted by Gasteiger charge is 2.50. The van der Waals surface area contributed by atoms with Crippen molar-refractivity contribution in [2.75, 3.05) is 0 Å². The largest absolute Gasteiger partial charge is 0.456 e. The monoisotopic (exact) mass is 337 g/mol. The summed E-state index contributed by atoms with van der Waals surface area (Å²) in [5, 5.41) is 10.6. The van der Waals surface area contributed by atoms with Crippen LogP contribution in [-0.4, -0.2) is 41.3 Å². The lowest BCUT2D eigenvalue weighted by molar-refractivity contribution is -0.384. The molecule has 1 aromatic carbocycles. The summed E-state index contributed by atoms with van der Waals surface area (Å²) in [6, 6.07) is 5.27. The first-order valence-electron chi connectivity index (χ1n) is 7.72. The van der Waals surface area contributed by atoms with Crippen LogP contribution in [0.15, 0.2) is 24.3 Å². The maximum absolute atomic E-state index is 12.1. The Kier molecular flexibility index (Phi) is 4.29. The molecule has 8 heteroatoms. The number of nitro benzene ring substituents is 1. The molecular formula is C16H19NO7. The summed E-state index contributed by atoms with van der Waals surface area (Å²) in [6.07, 6.45) is -0.870. The highest BCUT2D eigenvalue weighted by atomic mass is 16.8. The van der Waals surface area contributed by atoms with Crippen LogP contribution in [0.25, 0.3) is 0 Å². The van der Waals surface area contributed by atoms with E-state index in [1.165, 1.54) is 24.3 Å². The van der Waals surface area contributed by atoms with Gasteiger partial charge in [-0.25, -0.2) is 4.79 Å². The third-order valence-electron chi connectivity index (χ3n) is 4.04. The molecule has 0 aliphatic carbocycles. The number of hydrogen-bond donors (Lipinski definition) is 0. The molecule has 0 bridgehead atoms. The zero-order valence-corrected chi connectivity index (χ0v) is 13.6. The van der Waals surface area contributed by atoms with Crippen LogP contribution in [0.4, 0.5) is 5.69 Å². The molecule has 2 aliphatic rings. The summed E-state index contributed by atoms with van der Waals surface area (Å²) in [5.74, 6) is -1.22. The Labute approximate surface area is 138 Å². The Balaban J connectivity index is 1.56. The summed E-state index contributed by atoms with van der Waals surface area (Å²) < 4.78 is 22.5. The minimum atomic E-state index is -0.668. The molecule has 130 valence electrons. The second-order valence-corrected chi connectivity index (χ2v) is 6.37. The van der Waals surface area contributed by atoms with Crippen molar-refractivity contribution in [1.29, 1.82) is 0 Å². The minimum Gasteiger partial charge on any atom is -0.456 e. The van der Waals surface area contributed by atoms with E-state index in [-0.39, 0.29) is 23.5 Å². The van der Waals surface area contributed by atoms with Crippen molar-refractivity contribution >= 4 is 11.7 Å². The fourth-order valence-electron chi connectivity index (χ4n) is 2.87. The van der Waals surface area contributed by atoms with E-state index in [1.54, 1.807) is 6.92 Å². The number of ether oxygens (including phenoxy) is 4. The number of carbonyl (C=O) groups is 1. The van der Waals surface area contributed by atoms with Gasteiger partial charge in [-0.2, -0.15) is 0 Å². The first-order chi connectivity index (χ1) is 11.2. The molecular weight excluding hydrogens is 318 g/mol. The van der Waals surface area contributed by atoms with Crippen molar-refractivity contribution in [2.45, 2.75) is 57.6 Å². The average molecular weight is 337 g/mol. The van der Waals surface area contributed by atoms with Crippen LogP contribution in [0.2, 0.25) is 0 Å². The third kappa shape index (κ3) is 3.40. The number of rotatable bonds is 4. The Morgan fingerprint density at radius 3 is 2.58 bits per heavy atom. The molecule has 2 aliphatic heterocycles. The minimum absolute atomic E-state index is 0.0801. The predicted octanol–water partition coefficient (Wildman–Crippen LogP) is 2.41. The third-order valence-corrected chi connectivity index (χ3v) is 4.04. The van der Waals surface area contributed by atoms with Gasteiger partial charge in [-0.1, -0.05) is 0 Å². The van der Waals surface area contributed by atoms with Gasteiger partial charge in [0.1, 0.15) is 18.3 Å². The van der Waals surface area contributed by atoms with E-state index in [2.05, 4.69) is 0 Å². The number of benzene rings is 1. The predicted molar refractivity (Wildman–Crippen MR) is 81.3 cm³/mol. The summed E-state index contributed by atoms with van der Waals surface area (Å²) in [4.78, 5) is 22.2. The van der Waals surface area contributed by atoms with Crippen molar-refractivity contribution in [3.05, 3.63) is 39.9 Å². The van der Waals surface area contributed by atoms with Crippen molar-refractivity contribution in [3.63, 3.8) is 0 Å². The van der Waals surface area contributed by atoms with Crippen LogP contribution in [0, 0.1) is 10.1 Å². The van der Waals surface area contributed by atoms with Gasteiger partial charge in [0.05, 0.1) is 10.5 Å². The second kappa shape index (κ2) is 6.12. The van der Waals surface area contributed by atoms with Crippen molar-refractivity contribution in [2.24, 2.45) is 0 Å². The van der Waals surface area contributed by atoms with Gasteiger partial charge in [0.15, 0.2) is 12.1 Å². The van der Waals surface area contributed by atoms with Gasteiger partial charge in [-0.15, -0.1) is 0 Å². The molecule has 0 saturated carbocycles. The van der Waals surface area contributed by atoms with Crippen LogP contribution in [0.3, 0.4) is 0 Å². The summed E-state index contributed by atoms with van der Waals surface area (Å²) in [7, 11) is 0. The molecule has 1 unspecified atom stereocenters. The first-order valence-corrected chi connectivity index (χ1v) is 7.72. The molecule has 0 spiro atoms. The highest BCUT2D eigenvalue weighted by molar-refractivity contribution is 5.89. The standard InChI is InChI=1S/C16H19NO7/c1-9(12-8-13-15(22-12)24-16(2,3)23-13)21-14(18)10-4-6-11(7-5-10)17(19)20/h4-7,9,12-13,15H,8H2,1-3H3/t9?,12-,13+,15+/m0/s1. The SMILES string of the molecule is CC(OC(=O)c1ccc([N+](=O)[O-])cc1)[C@@H]1C[C@H]2OC(C)(C)O[C@H]2O1. The molecule has 3 rings (SSSR count). The van der Waals surface area contributed by atoms with Crippen molar-refractivity contribution in [1.82, 2.24) is 0 Å². The maximum Gasteiger partial charge on any atom is 0.338 e. The molecule has 4 atom stereocenters. The van der Waals surface area contributed by atoms with Gasteiger partial charge in [-0.05, 0) is 32.9 Å². The first kappa shape index (κ1) is 16.8. The van der Waals surface area contributed by atoms with Crippen LogP contribution in [0.1, 0.15) is 37.6 Å². The van der Waals surface area contributed by atoms with Crippen molar-refractivity contribution < 1.29 is 28.7 Å². The van der Waals surface area contributed by atoms with E-state index >= 15 is 0 Å². The topological polar surface area (TPSA) is 97.1 Å². The molecule has 2 saturated heterocycles. The maximum atomic E-state index is 12.1. The lowest BCUT2D eigenvalue weighted by Gasteiger charge is -2.23. The van der Waals surface area contributed by atoms with Gasteiger partial charge in [0.2, 0.25) is 0 Å². The van der Waals surface area contributed by atoms with E-state index in [0.717, 1.165) is 0 Å². The van der Waals surface area contributed by atoms with Crippen LogP contribution in [0.5, 0.6) is 0 Å². The van der Waals surface area contributed by atoms with E-state index in [9.17, 15) is 14.9 Å². The van der Waals surface area contributed by atoms with Gasteiger partial charge in [0.25, 0.3) is 5.69 Å². The van der Waals surface area contributed by atoms with Gasteiger partial charge in [-0.3, -0.25) is 10.1 Å². The Hall–Kier alpha value is -2.03. The Bertz CT molecular complexity index is 626. The smallest absolute Gasteiger partial charge is 0.338 e. The Morgan fingerprint density at radius 1 is 1.33 bits per heavy atom. The molecule has 0 radical (unpaired) electrons. The Morgan fingerprint density at radius 2 is 2.00 bits per heavy atom. The number of fused-ring (bicyclic) bond motifs is 1. The molecule has 24 heavy (non-hydrogen) atoms. The van der Waals surface area contributed by atoms with E-state index < -0.39 is 29.1 Å². The quantitative estimate of drug-likeness (QED) is 0.473. The summed E-state index contributed by atoms with van der Waals surface area (Å²) in [6.45, 7) is 5.38. The van der Waals surface area contributed by atoms with Crippen LogP contribution < -0.4 is 0 Å². The van der Waals surface area contributed by atoms with Crippen LogP contribution in [-0.2, 0) is 18.9 Å². The van der Waals surface area contributed by atoms with Crippen LogP contribution >= 0.6 is 0 Å². The van der Waals surface area contributed by atoms with Gasteiger partial charge in [0, 0.05) is 18.6 Å². The number of nitrogens with zero attached hydrogens (tertiary/aromatic N) is 1. The highest BCUT2D eigenvalue weighted by Crippen LogP contribution is 2.38. The molecule has 0 amide bonds. The zero-order chi connectivity index (χ0) is 17.5. The number of non-ortho nitro benzene ring substituents is 1. The summed E-state index contributed by atoms with van der Waals surface area (Å²) in [5.41, 5.74) is 0.169. The fraction of sp³-hybridized carbons (Fsp3) is 0.562. The second-order valence-electron chi connectivity index (χ2n) is 6.37. The number of carbonyl (C=O) groups excluding carboxylic acids is 1. The number of nitro groups is 1. The van der Waals surface area contributed by atoms with Gasteiger partial charge >= 0.3 is 5.97 Å².